The molecule has 0 bridgehead atoms. The number of hydrogen-bond acceptors (Lipinski definition) is 2. The van der Waals surface area contributed by atoms with Gasteiger partial charge in [-0.25, -0.2) is 0 Å². The van der Waals surface area contributed by atoms with Gasteiger partial charge >= 0.3 is 0 Å². The van der Waals surface area contributed by atoms with Crippen LogP contribution in [0.5, 0.6) is 0 Å². The van der Waals surface area contributed by atoms with Crippen molar-refractivity contribution < 1.29 is 0 Å². The van der Waals surface area contributed by atoms with Gasteiger partial charge in [-0.15, -0.1) is 0 Å². The first-order valence-electron chi connectivity index (χ1n) is 6.36. The van der Waals surface area contributed by atoms with Crippen LogP contribution in [0.3, 0.4) is 0 Å². The quantitative estimate of drug-likeness (QED) is 0.733. The molecule has 90 valence electrons. The summed E-state index contributed by atoms with van der Waals surface area (Å²) in [6.07, 6.45) is 2.67. The molecule has 1 atom stereocenters. The molecule has 0 aromatic heterocycles. The zero-order chi connectivity index (χ0) is 11.6. The molecule has 1 saturated carbocycles. The third-order valence-corrected chi connectivity index (χ3v) is 3.38. The Labute approximate surface area is 95.2 Å². The molecule has 2 N–H and O–H groups in total. The van der Waals surface area contributed by atoms with Crippen LogP contribution in [0.2, 0.25) is 0 Å². The van der Waals surface area contributed by atoms with Crippen molar-refractivity contribution >= 4 is 0 Å². The maximum absolute atomic E-state index is 6.39. The summed E-state index contributed by atoms with van der Waals surface area (Å²) in [7, 11) is 0. The van der Waals surface area contributed by atoms with E-state index in [9.17, 15) is 0 Å². The van der Waals surface area contributed by atoms with E-state index in [1.54, 1.807) is 0 Å². The van der Waals surface area contributed by atoms with Crippen molar-refractivity contribution in [1.29, 1.82) is 0 Å². The maximum Gasteiger partial charge on any atom is 0.0283 e. The van der Waals surface area contributed by atoms with Gasteiger partial charge in [0.15, 0.2) is 0 Å². The van der Waals surface area contributed by atoms with Crippen LogP contribution in [0.4, 0.5) is 0 Å². The van der Waals surface area contributed by atoms with Crippen LogP contribution in [0.1, 0.15) is 47.5 Å². The normalized spacial score (nSPS) is 21.4. The molecule has 0 amide bonds. The van der Waals surface area contributed by atoms with Crippen LogP contribution >= 0.6 is 0 Å². The maximum atomic E-state index is 6.39. The highest BCUT2D eigenvalue weighted by molar-refractivity contribution is 4.97. The molecular weight excluding hydrogens is 184 g/mol. The van der Waals surface area contributed by atoms with E-state index in [1.807, 2.05) is 0 Å². The monoisotopic (exact) mass is 212 g/mol. The SMILES string of the molecule is CC(C)CN(CC(C)(N)C1CC1)C(C)C. The smallest absolute Gasteiger partial charge is 0.0283 e. The number of hydrogen-bond donors (Lipinski definition) is 1. The molecule has 1 rings (SSSR count). The zero-order valence-electron chi connectivity index (χ0n) is 11.1. The van der Waals surface area contributed by atoms with Gasteiger partial charge in [-0.1, -0.05) is 13.8 Å². The van der Waals surface area contributed by atoms with Crippen LogP contribution in [-0.2, 0) is 0 Å². The summed E-state index contributed by atoms with van der Waals surface area (Å²) in [4.78, 5) is 2.53. The van der Waals surface area contributed by atoms with E-state index in [2.05, 4.69) is 39.5 Å². The van der Waals surface area contributed by atoms with E-state index in [0.717, 1.165) is 24.9 Å². The molecule has 0 saturated heterocycles. The molecule has 15 heavy (non-hydrogen) atoms. The van der Waals surface area contributed by atoms with Gasteiger partial charge in [-0.05, 0) is 45.4 Å². The summed E-state index contributed by atoms with van der Waals surface area (Å²) in [5, 5.41) is 0. The Morgan fingerprint density at radius 2 is 1.80 bits per heavy atom. The Morgan fingerprint density at radius 1 is 1.27 bits per heavy atom. The molecule has 1 aliphatic rings. The van der Waals surface area contributed by atoms with Gasteiger partial charge in [0.2, 0.25) is 0 Å². The summed E-state index contributed by atoms with van der Waals surface area (Å²) >= 11 is 0. The molecule has 0 spiro atoms. The predicted molar refractivity (Wildman–Crippen MR) is 66.9 cm³/mol. The van der Waals surface area contributed by atoms with Crippen molar-refractivity contribution in [1.82, 2.24) is 4.90 Å². The zero-order valence-corrected chi connectivity index (χ0v) is 11.1. The Kier molecular flexibility index (Phi) is 4.19. The minimum Gasteiger partial charge on any atom is -0.324 e. The summed E-state index contributed by atoms with van der Waals surface area (Å²) < 4.78 is 0. The van der Waals surface area contributed by atoms with Crippen LogP contribution < -0.4 is 5.73 Å². The van der Waals surface area contributed by atoms with E-state index < -0.39 is 0 Å². The van der Waals surface area contributed by atoms with Crippen LogP contribution in [-0.4, -0.2) is 29.6 Å². The van der Waals surface area contributed by atoms with Gasteiger partial charge in [0.25, 0.3) is 0 Å². The molecular formula is C13H28N2. The van der Waals surface area contributed by atoms with Crippen molar-refractivity contribution in [2.24, 2.45) is 17.6 Å². The molecule has 0 heterocycles. The standard InChI is InChI=1S/C13H28N2/c1-10(2)8-15(11(3)4)9-13(5,14)12-6-7-12/h10-12H,6-9,14H2,1-5H3. The van der Waals surface area contributed by atoms with E-state index in [-0.39, 0.29) is 5.54 Å². The van der Waals surface area contributed by atoms with E-state index in [1.165, 1.54) is 12.8 Å². The van der Waals surface area contributed by atoms with E-state index in [4.69, 9.17) is 5.73 Å². The first kappa shape index (κ1) is 13.0. The van der Waals surface area contributed by atoms with Crippen molar-refractivity contribution in [3.8, 4) is 0 Å². The third kappa shape index (κ3) is 4.12. The molecule has 1 unspecified atom stereocenters. The minimum absolute atomic E-state index is 0.0269. The summed E-state index contributed by atoms with van der Waals surface area (Å²) in [5.74, 6) is 1.49. The largest absolute Gasteiger partial charge is 0.324 e. The van der Waals surface area contributed by atoms with Gasteiger partial charge in [-0.2, -0.15) is 0 Å². The second kappa shape index (κ2) is 4.84. The average Bonchev–Trinajstić information content (AvgIpc) is 2.82. The fourth-order valence-corrected chi connectivity index (χ4v) is 2.24. The van der Waals surface area contributed by atoms with Crippen molar-refractivity contribution in [2.45, 2.75) is 59.0 Å². The average molecular weight is 212 g/mol. The summed E-state index contributed by atoms with van der Waals surface area (Å²) in [5.41, 5.74) is 6.42. The Bertz CT molecular complexity index is 193. The molecule has 0 aromatic carbocycles. The summed E-state index contributed by atoms with van der Waals surface area (Å²) in [6.45, 7) is 13.5. The van der Waals surface area contributed by atoms with Gasteiger partial charge in [0.05, 0.1) is 0 Å². The number of nitrogens with two attached hydrogens (primary N) is 1. The van der Waals surface area contributed by atoms with Gasteiger partial charge < -0.3 is 5.73 Å². The van der Waals surface area contributed by atoms with Gasteiger partial charge in [0.1, 0.15) is 0 Å². The molecule has 0 radical (unpaired) electrons. The lowest BCUT2D eigenvalue weighted by Gasteiger charge is -2.36. The molecule has 0 aliphatic heterocycles. The second-order valence-electron chi connectivity index (χ2n) is 6.20. The lowest BCUT2D eigenvalue weighted by atomic mass is 9.95. The number of rotatable bonds is 6. The second-order valence-corrected chi connectivity index (χ2v) is 6.20. The Morgan fingerprint density at radius 3 is 2.13 bits per heavy atom. The molecule has 1 fully saturated rings. The summed E-state index contributed by atoms with van der Waals surface area (Å²) in [6, 6.07) is 0.606. The molecule has 1 aliphatic carbocycles. The van der Waals surface area contributed by atoms with Crippen LogP contribution in [0, 0.1) is 11.8 Å². The Balaban J connectivity index is 2.49. The molecule has 2 heteroatoms. The van der Waals surface area contributed by atoms with Crippen molar-refractivity contribution in [2.75, 3.05) is 13.1 Å². The van der Waals surface area contributed by atoms with Crippen molar-refractivity contribution in [3.63, 3.8) is 0 Å². The first-order valence-corrected chi connectivity index (χ1v) is 6.36. The topological polar surface area (TPSA) is 29.3 Å². The highest BCUT2D eigenvalue weighted by atomic mass is 15.2. The lowest BCUT2D eigenvalue weighted by Crippen LogP contribution is -2.52. The minimum atomic E-state index is 0.0269. The highest BCUT2D eigenvalue weighted by Crippen LogP contribution is 2.38. The fourth-order valence-electron chi connectivity index (χ4n) is 2.24. The molecule has 0 aromatic rings. The van der Waals surface area contributed by atoms with Crippen LogP contribution in [0.25, 0.3) is 0 Å². The van der Waals surface area contributed by atoms with Crippen LogP contribution in [0.15, 0.2) is 0 Å². The van der Waals surface area contributed by atoms with Crippen molar-refractivity contribution in [3.05, 3.63) is 0 Å². The first-order chi connectivity index (χ1) is 6.83. The molecule has 2 nitrogen and oxygen atoms in total. The fraction of sp³-hybridized carbons (Fsp3) is 1.00. The Hall–Kier alpha value is -0.0800. The van der Waals surface area contributed by atoms with Gasteiger partial charge in [0, 0.05) is 24.7 Å². The third-order valence-electron chi connectivity index (χ3n) is 3.38. The van der Waals surface area contributed by atoms with E-state index >= 15 is 0 Å². The highest BCUT2D eigenvalue weighted by Gasteiger charge is 2.39. The lowest BCUT2D eigenvalue weighted by molar-refractivity contribution is 0.149. The van der Waals surface area contributed by atoms with Gasteiger partial charge in [-0.3, -0.25) is 4.90 Å². The van der Waals surface area contributed by atoms with E-state index in [0.29, 0.717) is 6.04 Å². The predicted octanol–water partition coefficient (Wildman–Crippen LogP) is 2.48. The number of nitrogens with zero attached hydrogens (tertiary/aromatic N) is 1.